The minimum Gasteiger partial charge on any atom is -0.461 e. The molecule has 0 radical (unpaired) electrons. The Morgan fingerprint density at radius 1 is 1.07 bits per heavy atom. The van der Waals surface area contributed by atoms with Gasteiger partial charge in [0.15, 0.2) is 6.10 Å². The first-order valence-electron chi connectivity index (χ1n) is 19.5. The molecular weight excluding hydrogens is 710 g/mol. The minimum atomic E-state index is -0.930. The van der Waals surface area contributed by atoms with Gasteiger partial charge in [0.1, 0.15) is 24.1 Å². The summed E-state index contributed by atoms with van der Waals surface area (Å²) in [5, 5.41) is 27.1. The topological polar surface area (TPSA) is 194 Å². The van der Waals surface area contributed by atoms with Crippen LogP contribution in [0, 0.1) is 17.8 Å². The Hall–Kier alpha value is -3.76. The molecule has 2 fully saturated rings. The van der Waals surface area contributed by atoms with Gasteiger partial charge in [-0.25, -0.2) is 9.78 Å². The van der Waals surface area contributed by atoms with Crippen LogP contribution in [0.1, 0.15) is 80.1 Å². The normalized spacial score (nSPS) is 25.3. The average Bonchev–Trinajstić information content (AvgIpc) is 3.79. The van der Waals surface area contributed by atoms with Crippen LogP contribution in [-0.4, -0.2) is 141 Å². The molecule has 2 aliphatic rings. The number of ketones is 2. The monoisotopic (exact) mass is 775 g/mol. The lowest BCUT2D eigenvalue weighted by Crippen LogP contribution is -2.47. The third kappa shape index (κ3) is 14.4. The van der Waals surface area contributed by atoms with Crippen LogP contribution in [0.3, 0.4) is 0 Å². The largest absolute Gasteiger partial charge is 0.461 e. The van der Waals surface area contributed by atoms with Crippen LogP contribution in [0.15, 0.2) is 37.1 Å². The Labute approximate surface area is 326 Å². The van der Waals surface area contributed by atoms with Crippen molar-refractivity contribution >= 4 is 23.6 Å². The van der Waals surface area contributed by atoms with E-state index in [9.17, 15) is 24.3 Å². The average molecular weight is 776 g/mol. The number of rotatable bonds is 12. The molecule has 2 aliphatic heterocycles. The number of Topliss-reactive ketones (excluding diaryl/α,β-unsaturated/α-hetero) is 2. The number of imidazole rings is 1. The lowest BCUT2D eigenvalue weighted by molar-refractivity contribution is -0.154. The first kappa shape index (κ1) is 47.4. The number of carbonyl (C=O) groups is 4. The minimum absolute atomic E-state index is 0.0187. The number of aromatic nitrogens is 3. The summed E-state index contributed by atoms with van der Waals surface area (Å²) in [6.07, 6.45) is 7.27. The van der Waals surface area contributed by atoms with E-state index in [0.29, 0.717) is 38.8 Å². The number of methoxy groups -OCH3 is 1. The Kier molecular flexibility index (Phi) is 20.7. The Morgan fingerprint density at radius 3 is 2.36 bits per heavy atom. The van der Waals surface area contributed by atoms with E-state index in [2.05, 4.69) is 9.97 Å². The first-order chi connectivity index (χ1) is 26.2. The molecule has 4 heterocycles. The Morgan fingerprint density at radius 2 is 1.76 bits per heavy atom. The van der Waals surface area contributed by atoms with Crippen molar-refractivity contribution in [3.05, 3.63) is 37.1 Å². The van der Waals surface area contributed by atoms with E-state index >= 15 is 0 Å². The predicted octanol–water partition coefficient (Wildman–Crippen LogP) is 3.77. The smallest absolute Gasteiger partial charge is 0.410 e. The third-order valence-corrected chi connectivity index (χ3v) is 10.1. The van der Waals surface area contributed by atoms with Crippen LogP contribution < -0.4 is 0 Å². The maximum Gasteiger partial charge on any atom is 0.410 e. The summed E-state index contributed by atoms with van der Waals surface area (Å²) in [7, 11) is 5.18. The molecule has 0 aromatic carbocycles. The van der Waals surface area contributed by atoms with Crippen molar-refractivity contribution in [2.45, 2.75) is 123 Å². The SMILES string of the molecule is CC.CC(O)CC(C(O)CO)N(C)C.COC1CCC(=O)C(C)C(=O)OC[C@H]2OC(=O)N(CCCCn3cnc(-c4cccnc4)c3)[C@@H]2C(C)C(=O)[C@H](C)C1. The number of esters is 1. The van der Waals surface area contributed by atoms with E-state index < -0.39 is 48.3 Å². The van der Waals surface area contributed by atoms with E-state index in [0.717, 1.165) is 17.7 Å². The highest BCUT2D eigenvalue weighted by Gasteiger charge is 2.48. The van der Waals surface area contributed by atoms with Gasteiger partial charge in [0.05, 0.1) is 43.0 Å². The van der Waals surface area contributed by atoms with Gasteiger partial charge in [-0.3, -0.25) is 19.4 Å². The van der Waals surface area contributed by atoms with Crippen molar-refractivity contribution in [2.24, 2.45) is 17.8 Å². The molecule has 1 amide bonds. The van der Waals surface area contributed by atoms with Crippen LogP contribution >= 0.6 is 0 Å². The summed E-state index contributed by atoms with van der Waals surface area (Å²) in [5.41, 5.74) is 1.78. The number of pyridine rings is 1. The summed E-state index contributed by atoms with van der Waals surface area (Å²) in [6, 6.07) is 3.04. The van der Waals surface area contributed by atoms with Gasteiger partial charge in [0, 0.05) is 68.7 Å². The second-order valence-corrected chi connectivity index (χ2v) is 14.5. The Bertz CT molecular complexity index is 1450. The Balaban J connectivity index is 0.000000638. The molecule has 6 unspecified atom stereocenters. The third-order valence-electron chi connectivity index (χ3n) is 10.1. The molecule has 55 heavy (non-hydrogen) atoms. The maximum atomic E-state index is 13.5. The van der Waals surface area contributed by atoms with Gasteiger partial charge in [0.2, 0.25) is 0 Å². The number of nitrogens with zero attached hydrogens (tertiary/aromatic N) is 5. The molecule has 0 aliphatic carbocycles. The zero-order chi connectivity index (χ0) is 41.2. The predicted molar refractivity (Wildman–Crippen MR) is 207 cm³/mol. The molecule has 3 N–H and O–H groups in total. The molecule has 2 saturated heterocycles. The highest BCUT2D eigenvalue weighted by molar-refractivity contribution is 5.98. The summed E-state index contributed by atoms with van der Waals surface area (Å²) in [5.74, 6) is -2.74. The number of likely N-dealkylation sites (N-methyl/N-ethyl adjacent to an activating group) is 1. The maximum absolute atomic E-state index is 13.5. The number of amides is 1. The zero-order valence-electron chi connectivity index (χ0n) is 34.2. The van der Waals surface area contributed by atoms with Crippen LogP contribution in [0.5, 0.6) is 0 Å². The van der Waals surface area contributed by atoms with Crippen molar-refractivity contribution in [3.8, 4) is 11.3 Å². The van der Waals surface area contributed by atoms with Crippen LogP contribution in [0.2, 0.25) is 0 Å². The van der Waals surface area contributed by atoms with Gasteiger partial charge in [0.25, 0.3) is 0 Å². The molecule has 15 heteroatoms. The van der Waals surface area contributed by atoms with Crippen LogP contribution in [0.25, 0.3) is 11.3 Å². The van der Waals surface area contributed by atoms with E-state index in [-0.39, 0.29) is 49.3 Å². The molecule has 15 nitrogen and oxygen atoms in total. The van der Waals surface area contributed by atoms with E-state index in [1.54, 1.807) is 49.5 Å². The van der Waals surface area contributed by atoms with Crippen molar-refractivity contribution in [3.63, 3.8) is 0 Å². The van der Waals surface area contributed by atoms with Gasteiger partial charge in [-0.05, 0) is 72.2 Å². The van der Waals surface area contributed by atoms with Crippen molar-refractivity contribution < 1.29 is 48.7 Å². The van der Waals surface area contributed by atoms with Gasteiger partial charge in [-0.15, -0.1) is 0 Å². The number of aliphatic hydroxyl groups is 3. The fourth-order valence-electron chi connectivity index (χ4n) is 6.86. The van der Waals surface area contributed by atoms with Gasteiger partial charge >= 0.3 is 12.1 Å². The van der Waals surface area contributed by atoms with Gasteiger partial charge in [-0.1, -0.05) is 27.7 Å². The van der Waals surface area contributed by atoms with Gasteiger partial charge < -0.3 is 43.9 Å². The summed E-state index contributed by atoms with van der Waals surface area (Å²) in [6.45, 7) is 11.5. The van der Waals surface area contributed by atoms with E-state index in [1.807, 2.05) is 57.8 Å². The lowest BCUT2D eigenvalue weighted by atomic mass is 9.83. The van der Waals surface area contributed by atoms with Gasteiger partial charge in [-0.2, -0.15) is 0 Å². The van der Waals surface area contributed by atoms with E-state index in [4.69, 9.17) is 24.4 Å². The molecular formula is C40H65N5O10. The molecule has 310 valence electrons. The van der Waals surface area contributed by atoms with E-state index in [1.165, 1.54) is 6.92 Å². The molecule has 0 bridgehead atoms. The summed E-state index contributed by atoms with van der Waals surface area (Å²) >= 11 is 0. The number of carbonyl (C=O) groups excluding carboxylic acids is 4. The number of aryl methyl sites for hydroxylation is 1. The standard InChI is InChI=1S/C30H40N4O7.C8H19NO3.C2H6/c1-19-14-23(39-4)9-10-25(35)20(2)29(37)40-17-26-27(21(3)28(19)36)34(30(38)41-26)13-6-5-12-33-16-24(32-18-33)22-8-7-11-31-15-22;1-6(11)4-7(9(2)3)8(12)5-10;1-2/h7-8,11,15-16,18-21,23,26-27H,5-6,9-10,12-14,17H2,1-4H3;6-8,10-12H,4-5H2,1-3H3;1-2H3/t19-,20?,21?,23?,26-,27-;;/m1../s1. The molecule has 2 aromatic heterocycles. The zero-order valence-corrected chi connectivity index (χ0v) is 34.2. The number of fused-ring (bicyclic) bond motifs is 1. The van der Waals surface area contributed by atoms with Crippen molar-refractivity contribution in [2.75, 3.05) is 41.0 Å². The second kappa shape index (κ2) is 24.0. The molecule has 0 spiro atoms. The second-order valence-electron chi connectivity index (χ2n) is 14.5. The molecule has 2 aromatic rings. The highest BCUT2D eigenvalue weighted by Crippen LogP contribution is 2.31. The first-order valence-corrected chi connectivity index (χ1v) is 19.5. The lowest BCUT2D eigenvalue weighted by Gasteiger charge is -2.31. The number of aliphatic hydroxyl groups excluding tert-OH is 3. The van der Waals surface area contributed by atoms with Crippen LogP contribution in [-0.2, 0) is 35.1 Å². The van der Waals surface area contributed by atoms with Crippen molar-refractivity contribution in [1.82, 2.24) is 24.3 Å². The number of hydrogen-bond donors (Lipinski definition) is 3. The quantitative estimate of drug-likeness (QED) is 0.160. The fraction of sp³-hybridized carbons (Fsp3) is 0.700. The molecule has 0 saturated carbocycles. The number of ether oxygens (including phenoxy) is 3. The number of hydrogen-bond acceptors (Lipinski definition) is 13. The molecule has 4 rings (SSSR count). The summed E-state index contributed by atoms with van der Waals surface area (Å²) < 4.78 is 18.6. The number of unbranched alkanes of at least 4 members (excludes halogenated alkanes) is 1. The van der Waals surface area contributed by atoms with Crippen molar-refractivity contribution in [1.29, 1.82) is 0 Å². The number of cyclic esters (lactones) is 1. The van der Waals surface area contributed by atoms with Crippen LogP contribution in [0.4, 0.5) is 4.79 Å². The fourth-order valence-corrected chi connectivity index (χ4v) is 6.86. The molecule has 9 atom stereocenters. The highest BCUT2D eigenvalue weighted by atomic mass is 16.6. The summed E-state index contributed by atoms with van der Waals surface area (Å²) in [4.78, 5) is 63.7.